The molecule has 1 atom stereocenters. The van der Waals surface area contributed by atoms with E-state index < -0.39 is 0 Å². The maximum absolute atomic E-state index is 4.60. The fraction of sp³-hybridized carbons (Fsp3) is 0.571. The minimum atomic E-state index is 0.230. The first-order chi connectivity index (χ1) is 9.17. The van der Waals surface area contributed by atoms with Gasteiger partial charge in [-0.25, -0.2) is 4.98 Å². The minimum absolute atomic E-state index is 0.230. The van der Waals surface area contributed by atoms with Crippen molar-refractivity contribution in [3.8, 4) is 0 Å². The molecule has 0 bridgehead atoms. The molecular weight excluding hydrogens is 238 g/mol. The molecule has 1 unspecified atom stereocenters. The van der Waals surface area contributed by atoms with Gasteiger partial charge in [-0.1, -0.05) is 6.92 Å². The van der Waals surface area contributed by atoms with Gasteiger partial charge in [0.25, 0.3) is 0 Å². The summed E-state index contributed by atoms with van der Waals surface area (Å²) in [6.45, 7) is 5.18. The zero-order chi connectivity index (χ0) is 13.8. The second-order valence-electron chi connectivity index (χ2n) is 4.81. The van der Waals surface area contributed by atoms with Crippen molar-refractivity contribution in [2.45, 2.75) is 39.3 Å². The maximum Gasteiger partial charge on any atom is 0.0947 e. The van der Waals surface area contributed by atoms with Crippen molar-refractivity contribution in [3.05, 3.63) is 35.7 Å². The van der Waals surface area contributed by atoms with Crippen molar-refractivity contribution >= 4 is 0 Å². The zero-order valence-electron chi connectivity index (χ0n) is 12.2. The Morgan fingerprint density at radius 3 is 2.68 bits per heavy atom. The van der Waals surface area contributed by atoms with Gasteiger partial charge in [-0.15, -0.1) is 0 Å². The van der Waals surface area contributed by atoms with Gasteiger partial charge in [0.2, 0.25) is 0 Å². The van der Waals surface area contributed by atoms with Crippen molar-refractivity contribution in [2.24, 2.45) is 7.05 Å². The number of likely N-dealkylation sites (N-methyl/N-ethyl adjacent to an activating group) is 1. The molecule has 1 N–H and O–H groups in total. The van der Waals surface area contributed by atoms with E-state index in [1.54, 1.807) is 0 Å². The van der Waals surface area contributed by atoms with E-state index in [4.69, 9.17) is 0 Å². The van der Waals surface area contributed by atoms with Crippen LogP contribution in [-0.4, -0.2) is 26.4 Å². The summed E-state index contributed by atoms with van der Waals surface area (Å²) in [5.41, 5.74) is 3.50. The lowest BCUT2D eigenvalue weighted by Crippen LogP contribution is -2.21. The predicted molar refractivity (Wildman–Crippen MR) is 76.0 cm³/mol. The van der Waals surface area contributed by atoms with Crippen LogP contribution in [-0.2, 0) is 26.4 Å². The standard InChI is InChI=1S/C14H23N5/c1-5-11-7-12(19(6-2)17-11)8-13(15-3)14-9-18(4)10-16-14/h7,9-10,13,15H,5-6,8H2,1-4H3. The monoisotopic (exact) mass is 261 g/mol. The van der Waals surface area contributed by atoms with Crippen molar-refractivity contribution in [1.82, 2.24) is 24.6 Å². The van der Waals surface area contributed by atoms with E-state index in [0.717, 1.165) is 30.8 Å². The van der Waals surface area contributed by atoms with Crippen LogP contribution in [0.25, 0.3) is 0 Å². The molecule has 5 nitrogen and oxygen atoms in total. The van der Waals surface area contributed by atoms with Crippen molar-refractivity contribution < 1.29 is 0 Å². The molecule has 2 rings (SSSR count). The quantitative estimate of drug-likeness (QED) is 0.861. The topological polar surface area (TPSA) is 47.7 Å². The van der Waals surface area contributed by atoms with Crippen LogP contribution in [0, 0.1) is 0 Å². The van der Waals surface area contributed by atoms with Crippen LogP contribution in [0.4, 0.5) is 0 Å². The van der Waals surface area contributed by atoms with Crippen LogP contribution in [0.2, 0.25) is 0 Å². The fourth-order valence-corrected chi connectivity index (χ4v) is 2.30. The van der Waals surface area contributed by atoms with Gasteiger partial charge in [-0.05, 0) is 26.5 Å². The Hall–Kier alpha value is -1.62. The van der Waals surface area contributed by atoms with E-state index in [1.807, 2.05) is 25.0 Å². The number of nitrogens with zero attached hydrogens (tertiary/aromatic N) is 4. The molecule has 0 saturated heterocycles. The average Bonchev–Trinajstić information content (AvgIpc) is 3.01. The molecule has 0 radical (unpaired) electrons. The van der Waals surface area contributed by atoms with Crippen LogP contribution < -0.4 is 5.32 Å². The third-order valence-electron chi connectivity index (χ3n) is 3.42. The Morgan fingerprint density at radius 2 is 2.16 bits per heavy atom. The number of rotatable bonds is 6. The van der Waals surface area contributed by atoms with E-state index in [1.165, 1.54) is 5.69 Å². The summed E-state index contributed by atoms with van der Waals surface area (Å²) in [6, 6.07) is 2.43. The Labute approximate surface area is 114 Å². The molecule has 5 heteroatoms. The van der Waals surface area contributed by atoms with Gasteiger partial charge in [0, 0.05) is 31.9 Å². The molecule has 2 aromatic heterocycles. The van der Waals surface area contributed by atoms with Crippen molar-refractivity contribution in [3.63, 3.8) is 0 Å². The van der Waals surface area contributed by atoms with Crippen LogP contribution in [0.15, 0.2) is 18.6 Å². The zero-order valence-corrected chi connectivity index (χ0v) is 12.2. The van der Waals surface area contributed by atoms with E-state index >= 15 is 0 Å². The normalized spacial score (nSPS) is 12.8. The number of hydrogen-bond donors (Lipinski definition) is 1. The minimum Gasteiger partial charge on any atom is -0.340 e. The largest absolute Gasteiger partial charge is 0.340 e. The highest BCUT2D eigenvalue weighted by molar-refractivity contribution is 5.15. The van der Waals surface area contributed by atoms with Gasteiger partial charge in [-0.3, -0.25) is 4.68 Å². The van der Waals surface area contributed by atoms with Gasteiger partial charge < -0.3 is 9.88 Å². The van der Waals surface area contributed by atoms with Crippen molar-refractivity contribution in [1.29, 1.82) is 0 Å². The van der Waals surface area contributed by atoms with E-state index in [9.17, 15) is 0 Å². The lowest BCUT2D eigenvalue weighted by Gasteiger charge is -2.14. The molecule has 2 aromatic rings. The summed E-state index contributed by atoms with van der Waals surface area (Å²) in [5, 5.41) is 7.94. The Bertz CT molecular complexity index is 526. The molecule has 0 fully saturated rings. The van der Waals surface area contributed by atoms with E-state index in [-0.39, 0.29) is 6.04 Å². The molecule has 19 heavy (non-hydrogen) atoms. The van der Waals surface area contributed by atoms with Gasteiger partial charge in [-0.2, -0.15) is 5.10 Å². The Balaban J connectivity index is 2.20. The first kappa shape index (κ1) is 13.8. The van der Waals surface area contributed by atoms with Crippen LogP contribution in [0.5, 0.6) is 0 Å². The van der Waals surface area contributed by atoms with Gasteiger partial charge in [0.15, 0.2) is 0 Å². The molecular formula is C14H23N5. The van der Waals surface area contributed by atoms with Crippen molar-refractivity contribution in [2.75, 3.05) is 7.05 Å². The maximum atomic E-state index is 4.60. The number of aromatic nitrogens is 4. The van der Waals surface area contributed by atoms with E-state index in [2.05, 4.69) is 46.2 Å². The highest BCUT2D eigenvalue weighted by Gasteiger charge is 2.16. The first-order valence-electron chi connectivity index (χ1n) is 6.88. The third kappa shape index (κ3) is 3.04. The second kappa shape index (κ2) is 6.02. The predicted octanol–water partition coefficient (Wildman–Crippen LogP) is 1.70. The molecule has 0 spiro atoms. The molecule has 0 aliphatic heterocycles. The lowest BCUT2D eigenvalue weighted by molar-refractivity contribution is 0.532. The Kier molecular flexibility index (Phi) is 4.37. The van der Waals surface area contributed by atoms with E-state index in [0.29, 0.717) is 0 Å². The summed E-state index contributed by atoms with van der Waals surface area (Å²) in [6.07, 6.45) is 5.80. The molecule has 0 amide bonds. The summed E-state index contributed by atoms with van der Waals surface area (Å²) in [7, 11) is 3.97. The number of hydrogen-bond acceptors (Lipinski definition) is 3. The Morgan fingerprint density at radius 1 is 1.37 bits per heavy atom. The summed E-state index contributed by atoms with van der Waals surface area (Å²) >= 11 is 0. The first-order valence-corrected chi connectivity index (χ1v) is 6.88. The van der Waals surface area contributed by atoms with Crippen LogP contribution in [0.3, 0.4) is 0 Å². The molecule has 0 saturated carbocycles. The molecule has 0 aromatic carbocycles. The fourth-order valence-electron chi connectivity index (χ4n) is 2.30. The second-order valence-corrected chi connectivity index (χ2v) is 4.81. The van der Waals surface area contributed by atoms with Gasteiger partial charge in [0.05, 0.1) is 23.8 Å². The lowest BCUT2D eigenvalue weighted by atomic mass is 10.1. The summed E-state index contributed by atoms with van der Waals surface area (Å²) in [4.78, 5) is 4.44. The number of aryl methyl sites for hydroxylation is 3. The van der Waals surface area contributed by atoms with Crippen LogP contribution in [0.1, 0.15) is 37.0 Å². The summed E-state index contributed by atoms with van der Waals surface area (Å²) in [5.74, 6) is 0. The smallest absolute Gasteiger partial charge is 0.0947 e. The highest BCUT2D eigenvalue weighted by atomic mass is 15.3. The average molecular weight is 261 g/mol. The third-order valence-corrected chi connectivity index (χ3v) is 3.42. The molecule has 0 aliphatic rings. The van der Waals surface area contributed by atoms with Gasteiger partial charge in [0.1, 0.15) is 0 Å². The SMILES string of the molecule is CCc1cc(CC(NC)c2cn(C)cn2)n(CC)n1. The van der Waals surface area contributed by atoms with Crippen LogP contribution >= 0.6 is 0 Å². The molecule has 0 aliphatic carbocycles. The number of nitrogens with one attached hydrogen (secondary N) is 1. The highest BCUT2D eigenvalue weighted by Crippen LogP contribution is 2.17. The molecule has 104 valence electrons. The number of imidazole rings is 1. The van der Waals surface area contributed by atoms with Gasteiger partial charge >= 0.3 is 0 Å². The molecule has 2 heterocycles. The summed E-state index contributed by atoms with van der Waals surface area (Å²) < 4.78 is 4.07.